The van der Waals surface area contributed by atoms with Crippen molar-refractivity contribution < 1.29 is 13.2 Å². The Morgan fingerprint density at radius 3 is 2.62 bits per heavy atom. The second-order valence-corrected chi connectivity index (χ2v) is 7.08. The van der Waals surface area contributed by atoms with E-state index in [9.17, 15) is 8.42 Å². The van der Waals surface area contributed by atoms with E-state index in [4.69, 9.17) is 4.74 Å². The highest BCUT2D eigenvalue weighted by atomic mass is 35.5. The Hall–Kier alpha value is -0.660. The van der Waals surface area contributed by atoms with E-state index in [0.717, 1.165) is 31.5 Å². The maximum Gasteiger partial charge on any atom is 0.243 e. The average Bonchev–Trinajstić information content (AvgIpc) is 2.48. The van der Waals surface area contributed by atoms with Crippen molar-refractivity contribution in [3.63, 3.8) is 0 Å². The van der Waals surface area contributed by atoms with Crippen molar-refractivity contribution >= 4 is 22.4 Å². The molecule has 120 valence electrons. The van der Waals surface area contributed by atoms with Crippen molar-refractivity contribution in [3.05, 3.63) is 29.8 Å². The van der Waals surface area contributed by atoms with Gasteiger partial charge in [0.1, 0.15) is 0 Å². The molecule has 0 spiro atoms. The zero-order chi connectivity index (χ0) is 14.6. The van der Waals surface area contributed by atoms with Crippen molar-refractivity contribution in [2.75, 3.05) is 27.2 Å². The first kappa shape index (κ1) is 18.4. The highest BCUT2D eigenvalue weighted by Gasteiger charge is 2.28. The maximum atomic E-state index is 12.7. The molecule has 1 aliphatic heterocycles. The summed E-state index contributed by atoms with van der Waals surface area (Å²) in [4.78, 5) is 0.341. The predicted molar refractivity (Wildman–Crippen MR) is 85.2 cm³/mol. The highest BCUT2D eigenvalue weighted by molar-refractivity contribution is 7.89. The maximum absolute atomic E-state index is 12.7. The van der Waals surface area contributed by atoms with Gasteiger partial charge in [-0.3, -0.25) is 0 Å². The Morgan fingerprint density at radius 1 is 1.33 bits per heavy atom. The van der Waals surface area contributed by atoms with E-state index in [-0.39, 0.29) is 18.4 Å². The van der Waals surface area contributed by atoms with Crippen LogP contribution in [0.15, 0.2) is 29.2 Å². The fourth-order valence-electron chi connectivity index (χ4n) is 2.50. The van der Waals surface area contributed by atoms with E-state index in [1.54, 1.807) is 32.4 Å². The average molecular weight is 335 g/mol. The molecule has 0 unspecified atom stereocenters. The van der Waals surface area contributed by atoms with Crippen molar-refractivity contribution in [1.82, 2.24) is 9.62 Å². The van der Waals surface area contributed by atoms with Crippen molar-refractivity contribution in [2.45, 2.75) is 30.4 Å². The Bertz CT molecular complexity index is 545. The number of hydrogen-bond donors (Lipinski definition) is 1. The van der Waals surface area contributed by atoms with Gasteiger partial charge in [-0.2, -0.15) is 4.31 Å². The molecule has 0 amide bonds. The lowest BCUT2D eigenvalue weighted by molar-refractivity contribution is 0.184. The molecule has 1 aromatic carbocycles. The summed E-state index contributed by atoms with van der Waals surface area (Å²) in [5, 5.41) is 3.25. The molecule has 21 heavy (non-hydrogen) atoms. The van der Waals surface area contributed by atoms with Gasteiger partial charge < -0.3 is 10.1 Å². The van der Waals surface area contributed by atoms with Gasteiger partial charge in [0, 0.05) is 20.2 Å². The quantitative estimate of drug-likeness (QED) is 0.889. The Balaban J connectivity index is 0.00000220. The molecule has 1 N–H and O–H groups in total. The molecular weight excluding hydrogens is 312 g/mol. The number of nitrogens with zero attached hydrogens (tertiary/aromatic N) is 1. The van der Waals surface area contributed by atoms with E-state index in [1.807, 2.05) is 6.07 Å². The molecule has 1 saturated heterocycles. The monoisotopic (exact) mass is 334 g/mol. The molecule has 0 aliphatic carbocycles. The number of piperidine rings is 1. The van der Waals surface area contributed by atoms with Gasteiger partial charge >= 0.3 is 0 Å². The minimum absolute atomic E-state index is 0. The van der Waals surface area contributed by atoms with Crippen LogP contribution in [0.3, 0.4) is 0 Å². The Morgan fingerprint density at radius 2 is 2.00 bits per heavy atom. The zero-order valence-electron chi connectivity index (χ0n) is 12.4. The van der Waals surface area contributed by atoms with Crippen LogP contribution in [0.25, 0.3) is 0 Å². The SMILES string of the molecule is COCc1cccc(S(=O)(=O)N(C)C2CCNCC2)c1.Cl. The molecule has 1 aromatic rings. The summed E-state index contributed by atoms with van der Waals surface area (Å²) in [6.45, 7) is 2.16. The van der Waals surface area contributed by atoms with Crippen molar-refractivity contribution in [3.8, 4) is 0 Å². The molecule has 1 aliphatic rings. The second kappa shape index (κ2) is 8.10. The van der Waals surface area contributed by atoms with E-state index < -0.39 is 10.0 Å². The molecule has 5 nitrogen and oxygen atoms in total. The lowest BCUT2D eigenvalue weighted by atomic mass is 10.1. The third kappa shape index (κ3) is 4.40. The molecule has 0 saturated carbocycles. The van der Waals surface area contributed by atoms with Gasteiger partial charge in [-0.05, 0) is 43.6 Å². The fourth-order valence-corrected chi connectivity index (χ4v) is 3.98. The van der Waals surface area contributed by atoms with Gasteiger partial charge in [0.05, 0.1) is 11.5 Å². The number of hydrogen-bond acceptors (Lipinski definition) is 4. The Kier molecular flexibility index (Phi) is 7.09. The molecule has 0 atom stereocenters. The van der Waals surface area contributed by atoms with Crippen LogP contribution in [0.2, 0.25) is 0 Å². The molecule has 1 fully saturated rings. The molecule has 7 heteroatoms. The standard InChI is InChI=1S/C14H22N2O3S.ClH/c1-16(13-6-8-15-9-7-13)20(17,18)14-5-3-4-12(10-14)11-19-2;/h3-5,10,13,15H,6-9,11H2,1-2H3;1H. The molecule has 0 aromatic heterocycles. The third-order valence-electron chi connectivity index (χ3n) is 3.71. The number of sulfonamides is 1. The smallest absolute Gasteiger partial charge is 0.243 e. The molecule has 0 bridgehead atoms. The van der Waals surface area contributed by atoms with Crippen LogP contribution in [0, 0.1) is 0 Å². The second-order valence-electron chi connectivity index (χ2n) is 5.08. The van der Waals surface area contributed by atoms with E-state index >= 15 is 0 Å². The highest BCUT2D eigenvalue weighted by Crippen LogP contribution is 2.21. The van der Waals surface area contributed by atoms with Gasteiger partial charge in [-0.15, -0.1) is 12.4 Å². The summed E-state index contributed by atoms with van der Waals surface area (Å²) in [6.07, 6.45) is 1.71. The molecule has 1 heterocycles. The number of halogens is 1. The number of rotatable bonds is 5. The van der Waals surface area contributed by atoms with Crippen molar-refractivity contribution in [2.24, 2.45) is 0 Å². The Labute approximate surface area is 133 Å². The molecular formula is C14H23ClN2O3S. The number of ether oxygens (including phenoxy) is 1. The lowest BCUT2D eigenvalue weighted by Gasteiger charge is -2.30. The van der Waals surface area contributed by atoms with Gasteiger partial charge in [-0.25, -0.2) is 8.42 Å². The van der Waals surface area contributed by atoms with Gasteiger partial charge in [0.2, 0.25) is 10.0 Å². The molecule has 0 radical (unpaired) electrons. The normalized spacial score (nSPS) is 16.7. The van der Waals surface area contributed by atoms with Gasteiger partial charge in [0.25, 0.3) is 0 Å². The summed E-state index contributed by atoms with van der Waals surface area (Å²) in [5.41, 5.74) is 0.868. The van der Waals surface area contributed by atoms with Crippen LogP contribution in [0.4, 0.5) is 0 Å². The summed E-state index contributed by atoms with van der Waals surface area (Å²) in [7, 11) is -0.155. The van der Waals surface area contributed by atoms with Gasteiger partial charge in [0.15, 0.2) is 0 Å². The first-order valence-corrected chi connectivity index (χ1v) is 8.26. The summed E-state index contributed by atoms with van der Waals surface area (Å²) < 4.78 is 31.9. The van der Waals surface area contributed by atoms with Crippen molar-refractivity contribution in [1.29, 1.82) is 0 Å². The molecule has 2 rings (SSSR count). The number of nitrogens with one attached hydrogen (secondary N) is 1. The van der Waals surface area contributed by atoms with E-state index in [1.165, 1.54) is 4.31 Å². The zero-order valence-corrected chi connectivity index (χ0v) is 14.0. The lowest BCUT2D eigenvalue weighted by Crippen LogP contribution is -2.43. The van der Waals surface area contributed by atoms with Gasteiger partial charge in [-0.1, -0.05) is 12.1 Å². The van der Waals surface area contributed by atoms with Crippen LogP contribution < -0.4 is 5.32 Å². The third-order valence-corrected chi connectivity index (χ3v) is 5.62. The topological polar surface area (TPSA) is 58.6 Å². The first-order chi connectivity index (χ1) is 9.55. The largest absolute Gasteiger partial charge is 0.380 e. The van der Waals surface area contributed by atoms with Crippen LogP contribution >= 0.6 is 12.4 Å². The van der Waals surface area contributed by atoms with Crippen LogP contribution in [0.5, 0.6) is 0 Å². The van der Waals surface area contributed by atoms with Crippen LogP contribution in [-0.2, 0) is 21.4 Å². The predicted octanol–water partition coefficient (Wildman–Crippen LogP) is 1.63. The number of methoxy groups -OCH3 is 1. The summed E-state index contributed by atoms with van der Waals surface area (Å²) in [6, 6.07) is 7.04. The van der Waals surface area contributed by atoms with E-state index in [0.29, 0.717) is 11.5 Å². The first-order valence-electron chi connectivity index (χ1n) is 6.82. The minimum atomic E-state index is -3.43. The van der Waals surface area contributed by atoms with Crippen LogP contribution in [0.1, 0.15) is 18.4 Å². The minimum Gasteiger partial charge on any atom is -0.380 e. The summed E-state index contributed by atoms with van der Waals surface area (Å²) >= 11 is 0. The van der Waals surface area contributed by atoms with E-state index in [2.05, 4.69) is 5.32 Å². The number of benzene rings is 1. The summed E-state index contributed by atoms with van der Waals surface area (Å²) in [5.74, 6) is 0. The fraction of sp³-hybridized carbons (Fsp3) is 0.571. The van der Waals surface area contributed by atoms with Crippen LogP contribution in [-0.4, -0.2) is 46.0 Å².